The van der Waals surface area contributed by atoms with Crippen molar-refractivity contribution in [1.29, 1.82) is 0 Å². The van der Waals surface area contributed by atoms with Crippen LogP contribution in [0.3, 0.4) is 0 Å². The molecule has 0 aliphatic carbocycles. The molecule has 0 aliphatic rings. The molecule has 3 aromatic rings. The molecule has 5 nitrogen and oxygen atoms in total. The van der Waals surface area contributed by atoms with Crippen molar-refractivity contribution in [1.82, 2.24) is 5.32 Å². The molecule has 152 valence electrons. The Balaban J connectivity index is 1.63. The lowest BCUT2D eigenvalue weighted by Gasteiger charge is -2.13. The zero-order valence-electron chi connectivity index (χ0n) is 17.1. The summed E-state index contributed by atoms with van der Waals surface area (Å²) in [7, 11) is 3.18. The molecule has 1 heterocycles. The lowest BCUT2D eigenvalue weighted by atomic mass is 10.1. The molecule has 0 unspecified atom stereocenters. The number of carbonyl (C=O) groups is 1. The van der Waals surface area contributed by atoms with Crippen molar-refractivity contribution in [2.75, 3.05) is 14.2 Å². The summed E-state index contributed by atoms with van der Waals surface area (Å²) in [5.74, 6) is 2.76. The smallest absolute Gasteiger partial charge is 0.287 e. The topological polar surface area (TPSA) is 60.7 Å². The number of thioether (sulfide) groups is 1. The van der Waals surface area contributed by atoms with Gasteiger partial charge in [0.05, 0.1) is 32.1 Å². The van der Waals surface area contributed by atoms with Crippen LogP contribution in [0.15, 0.2) is 57.8 Å². The van der Waals surface area contributed by atoms with Crippen LogP contribution < -0.4 is 14.8 Å². The van der Waals surface area contributed by atoms with Gasteiger partial charge in [-0.25, -0.2) is 0 Å². The number of nitrogens with one attached hydrogen (secondary N) is 1. The van der Waals surface area contributed by atoms with Gasteiger partial charge in [0.25, 0.3) is 5.91 Å². The second-order valence-corrected chi connectivity index (χ2v) is 7.58. The van der Waals surface area contributed by atoms with E-state index in [1.165, 1.54) is 16.0 Å². The Hall–Kier alpha value is -2.86. The number of benzene rings is 2. The monoisotopic (exact) mass is 411 g/mol. The number of hydrogen-bond acceptors (Lipinski definition) is 5. The molecule has 0 aliphatic heterocycles. The van der Waals surface area contributed by atoms with Crippen LogP contribution in [0.5, 0.6) is 11.5 Å². The minimum absolute atomic E-state index is 0.277. The molecular formula is C23H25NO4S. The third-order valence-corrected chi connectivity index (χ3v) is 5.97. The Labute approximate surface area is 175 Å². The molecule has 0 saturated heterocycles. The first-order chi connectivity index (χ1) is 14.0. The minimum Gasteiger partial charge on any atom is -0.496 e. The number of carbonyl (C=O) groups excluding carboxylic acids is 1. The molecule has 0 bridgehead atoms. The van der Waals surface area contributed by atoms with Gasteiger partial charge in [-0.15, -0.1) is 11.8 Å². The number of methoxy groups -OCH3 is 2. The van der Waals surface area contributed by atoms with Crippen LogP contribution >= 0.6 is 11.8 Å². The largest absolute Gasteiger partial charge is 0.496 e. The first-order valence-electron chi connectivity index (χ1n) is 9.29. The lowest BCUT2D eigenvalue weighted by Crippen LogP contribution is -2.22. The molecule has 1 aromatic heterocycles. The molecule has 2 aromatic carbocycles. The molecule has 0 fully saturated rings. The van der Waals surface area contributed by atoms with Crippen LogP contribution in [0.25, 0.3) is 0 Å². The summed E-state index contributed by atoms with van der Waals surface area (Å²) < 4.78 is 16.5. The highest BCUT2D eigenvalue weighted by atomic mass is 32.2. The van der Waals surface area contributed by atoms with Crippen LogP contribution in [0.4, 0.5) is 0 Å². The molecule has 0 saturated carbocycles. The normalized spacial score (nSPS) is 10.6. The summed E-state index contributed by atoms with van der Waals surface area (Å²) in [4.78, 5) is 13.8. The predicted octanol–water partition coefficient (Wildman–Crippen LogP) is 5.14. The highest BCUT2D eigenvalue weighted by Crippen LogP contribution is 2.30. The number of aryl methyl sites for hydroxylation is 2. The Bertz CT molecular complexity index is 954. The summed E-state index contributed by atoms with van der Waals surface area (Å²) in [6.45, 7) is 4.48. The summed E-state index contributed by atoms with van der Waals surface area (Å²) in [6, 6.07) is 15.3. The van der Waals surface area contributed by atoms with Crippen LogP contribution in [0.2, 0.25) is 0 Å². The average Bonchev–Trinajstić information content (AvgIpc) is 3.20. The number of hydrogen-bond donors (Lipinski definition) is 1. The van der Waals surface area contributed by atoms with Gasteiger partial charge in [0.2, 0.25) is 0 Å². The lowest BCUT2D eigenvalue weighted by molar-refractivity contribution is 0.0921. The van der Waals surface area contributed by atoms with Crippen molar-refractivity contribution in [3.05, 3.63) is 76.7 Å². The van der Waals surface area contributed by atoms with E-state index < -0.39 is 0 Å². The third kappa shape index (κ3) is 4.95. The van der Waals surface area contributed by atoms with Gasteiger partial charge >= 0.3 is 0 Å². The van der Waals surface area contributed by atoms with Gasteiger partial charge in [0, 0.05) is 4.90 Å². The first-order valence-corrected chi connectivity index (χ1v) is 10.3. The van der Waals surface area contributed by atoms with Crippen molar-refractivity contribution in [3.63, 3.8) is 0 Å². The van der Waals surface area contributed by atoms with Gasteiger partial charge in [-0.05, 0) is 49.2 Å². The fourth-order valence-corrected chi connectivity index (χ4v) is 4.14. The van der Waals surface area contributed by atoms with E-state index in [9.17, 15) is 4.79 Å². The predicted molar refractivity (Wildman–Crippen MR) is 115 cm³/mol. The fraction of sp³-hybridized carbons (Fsp3) is 0.261. The van der Waals surface area contributed by atoms with Gasteiger partial charge in [-0.2, -0.15) is 0 Å². The van der Waals surface area contributed by atoms with Crippen LogP contribution in [0, 0.1) is 13.8 Å². The second kappa shape index (κ2) is 9.56. The summed E-state index contributed by atoms with van der Waals surface area (Å²) in [5.41, 5.74) is 3.26. The Morgan fingerprint density at radius 2 is 1.59 bits per heavy atom. The Morgan fingerprint density at radius 3 is 2.21 bits per heavy atom. The Morgan fingerprint density at radius 1 is 0.966 bits per heavy atom. The van der Waals surface area contributed by atoms with Crippen LogP contribution in [-0.4, -0.2) is 20.1 Å². The van der Waals surface area contributed by atoms with Crippen molar-refractivity contribution in [2.45, 2.75) is 31.0 Å². The SMILES string of the molecule is COc1cccc(OC)c1CNC(=O)c1ccc(CSc2c(C)cccc2C)o1. The van der Waals surface area contributed by atoms with E-state index in [4.69, 9.17) is 13.9 Å². The van der Waals surface area contributed by atoms with Gasteiger partial charge in [-0.1, -0.05) is 24.3 Å². The maximum absolute atomic E-state index is 12.5. The summed E-state index contributed by atoms with van der Waals surface area (Å²) >= 11 is 1.71. The van der Waals surface area contributed by atoms with Crippen molar-refractivity contribution < 1.29 is 18.7 Å². The van der Waals surface area contributed by atoms with Crippen LogP contribution in [-0.2, 0) is 12.3 Å². The van der Waals surface area contributed by atoms with Crippen LogP contribution in [0.1, 0.15) is 33.0 Å². The van der Waals surface area contributed by atoms with E-state index in [0.717, 1.165) is 11.3 Å². The maximum atomic E-state index is 12.5. The van der Waals surface area contributed by atoms with Gasteiger partial charge < -0.3 is 19.2 Å². The van der Waals surface area contributed by atoms with Gasteiger partial charge in [-0.3, -0.25) is 4.79 Å². The molecule has 0 spiro atoms. The molecule has 29 heavy (non-hydrogen) atoms. The van der Waals surface area contributed by atoms with E-state index in [1.54, 1.807) is 32.0 Å². The minimum atomic E-state index is -0.277. The highest BCUT2D eigenvalue weighted by molar-refractivity contribution is 7.98. The fourth-order valence-electron chi connectivity index (χ4n) is 3.11. The van der Waals surface area contributed by atoms with Crippen molar-refractivity contribution >= 4 is 17.7 Å². The van der Waals surface area contributed by atoms with Gasteiger partial charge in [0.15, 0.2) is 5.76 Å². The zero-order valence-corrected chi connectivity index (χ0v) is 17.9. The maximum Gasteiger partial charge on any atom is 0.287 e. The van der Waals surface area contributed by atoms with E-state index in [2.05, 4.69) is 37.4 Å². The van der Waals surface area contributed by atoms with Crippen molar-refractivity contribution in [3.8, 4) is 11.5 Å². The highest BCUT2D eigenvalue weighted by Gasteiger charge is 2.15. The number of rotatable bonds is 8. The van der Waals surface area contributed by atoms with E-state index >= 15 is 0 Å². The second-order valence-electron chi connectivity index (χ2n) is 6.60. The standard InChI is InChI=1S/C23H25NO4S/c1-15-7-5-8-16(2)22(15)29-14-17-11-12-21(28-17)23(25)24-13-18-19(26-3)9-6-10-20(18)27-4/h5-12H,13-14H2,1-4H3,(H,24,25). The summed E-state index contributed by atoms with van der Waals surface area (Å²) in [5, 5.41) is 2.87. The van der Waals surface area contributed by atoms with E-state index in [1.807, 2.05) is 24.3 Å². The quantitative estimate of drug-likeness (QED) is 0.520. The summed E-state index contributed by atoms with van der Waals surface area (Å²) in [6.07, 6.45) is 0. The van der Waals surface area contributed by atoms with E-state index in [-0.39, 0.29) is 18.2 Å². The number of ether oxygens (including phenoxy) is 2. The molecule has 1 amide bonds. The van der Waals surface area contributed by atoms with Gasteiger partial charge in [0.1, 0.15) is 17.3 Å². The third-order valence-electron chi connectivity index (χ3n) is 4.61. The van der Waals surface area contributed by atoms with E-state index in [0.29, 0.717) is 17.3 Å². The van der Waals surface area contributed by atoms with Crippen molar-refractivity contribution in [2.24, 2.45) is 0 Å². The Kier molecular flexibility index (Phi) is 6.88. The molecule has 0 radical (unpaired) electrons. The molecule has 6 heteroatoms. The first kappa shape index (κ1) is 20.9. The zero-order chi connectivity index (χ0) is 20.8. The number of furan rings is 1. The molecule has 0 atom stereocenters. The molecule has 3 rings (SSSR count). The molecule has 1 N–H and O–H groups in total. The molecular weight excluding hydrogens is 386 g/mol. The average molecular weight is 412 g/mol. The number of amides is 1.